The number of ether oxygens (including phenoxy) is 2. The van der Waals surface area contributed by atoms with Crippen molar-refractivity contribution in [3.63, 3.8) is 0 Å². The molecule has 0 amide bonds. The molecule has 0 spiro atoms. The molecule has 140 valence electrons. The Balaban J connectivity index is 1.72. The molecule has 2 aliphatic rings. The maximum absolute atomic E-state index is 11.0. The lowest BCUT2D eigenvalue weighted by molar-refractivity contribution is -0.245. The van der Waals surface area contributed by atoms with E-state index in [0.29, 0.717) is 17.3 Å². The molecular weight excluding hydrogens is 372 g/mol. The summed E-state index contributed by atoms with van der Waals surface area (Å²) in [6.07, 6.45) is -3.60. The Labute approximate surface area is 149 Å². The van der Waals surface area contributed by atoms with Crippen molar-refractivity contribution in [2.45, 2.75) is 30.7 Å². The predicted molar refractivity (Wildman–Crippen MR) is 90.0 cm³/mol. The van der Waals surface area contributed by atoms with Crippen LogP contribution in [0.5, 0.6) is 0 Å². The molecule has 3 rings (SSSR count). The molecule has 1 aromatic rings. The van der Waals surface area contributed by atoms with E-state index in [1.807, 2.05) is 30.3 Å². The summed E-state index contributed by atoms with van der Waals surface area (Å²) in [6.45, 7) is -0.0875. The number of aliphatic hydroxyl groups excluding tert-OH is 1. The van der Waals surface area contributed by atoms with Gasteiger partial charge >= 0.3 is 0 Å². The topological polar surface area (TPSA) is 128 Å². The van der Waals surface area contributed by atoms with Crippen molar-refractivity contribution in [2.24, 2.45) is 0 Å². The van der Waals surface area contributed by atoms with Crippen LogP contribution in [0.25, 0.3) is 0 Å². The highest BCUT2D eigenvalue weighted by Gasteiger charge is 2.47. The first-order chi connectivity index (χ1) is 11.8. The van der Waals surface area contributed by atoms with E-state index in [2.05, 4.69) is 4.18 Å². The second-order valence-electron chi connectivity index (χ2n) is 6.08. The summed E-state index contributed by atoms with van der Waals surface area (Å²) in [4.78, 5) is 0. The van der Waals surface area contributed by atoms with Gasteiger partial charge < -0.3 is 24.2 Å². The van der Waals surface area contributed by atoms with Crippen LogP contribution in [-0.4, -0.2) is 71.5 Å². The molecule has 2 saturated heterocycles. The van der Waals surface area contributed by atoms with Crippen LogP contribution in [0.2, 0.25) is 0 Å². The number of rotatable bonds is 5. The molecule has 2 fully saturated rings. The molecule has 2 aliphatic heterocycles. The Morgan fingerprint density at radius 1 is 1.32 bits per heavy atom. The van der Waals surface area contributed by atoms with Crippen LogP contribution in [0.4, 0.5) is 0 Å². The summed E-state index contributed by atoms with van der Waals surface area (Å²) < 4.78 is 48.9. The Bertz CT molecular complexity index is 657. The highest BCUT2D eigenvalue weighted by atomic mass is 32.3. The number of hydrogen-bond donors (Lipinski definition) is 1. The van der Waals surface area contributed by atoms with E-state index in [1.165, 1.54) is 0 Å². The van der Waals surface area contributed by atoms with Gasteiger partial charge in [-0.2, -0.15) is 0 Å². The van der Waals surface area contributed by atoms with Gasteiger partial charge in [-0.25, -0.2) is 8.42 Å². The molecule has 10 heteroatoms. The zero-order chi connectivity index (χ0) is 18.0. The van der Waals surface area contributed by atoms with Crippen molar-refractivity contribution in [3.8, 4) is 0 Å². The lowest BCUT2D eigenvalue weighted by Gasteiger charge is -2.35. The Hall–Kier alpha value is -0.720. The fourth-order valence-corrected chi connectivity index (χ4v) is 6.00. The van der Waals surface area contributed by atoms with Gasteiger partial charge in [-0.15, -0.1) is 0 Å². The van der Waals surface area contributed by atoms with Crippen LogP contribution >= 0.6 is 0 Å². The first-order valence-electron chi connectivity index (χ1n) is 7.81. The molecule has 2 unspecified atom stereocenters. The largest absolute Gasteiger partial charge is 0.726 e. The fraction of sp³-hybridized carbons (Fsp3) is 0.600. The SMILES string of the molecule is O=S(=O)([O-])O[C@H]1COC(c2ccccc2)O[C@@H]1C[S+]1C[C@@H](O)[C@H]([OH2+])C1. The van der Waals surface area contributed by atoms with Gasteiger partial charge in [0.1, 0.15) is 23.7 Å². The molecule has 8 nitrogen and oxygen atoms in total. The van der Waals surface area contributed by atoms with Crippen LogP contribution < -0.4 is 0 Å². The number of aliphatic hydroxyl groups is 1. The minimum Gasteiger partial charge on any atom is -0.726 e. The van der Waals surface area contributed by atoms with E-state index in [9.17, 15) is 18.1 Å². The summed E-state index contributed by atoms with van der Waals surface area (Å²) in [6, 6.07) is 9.18. The normalized spacial score (nSPS) is 36.4. The smallest absolute Gasteiger partial charge is 0.230 e. The van der Waals surface area contributed by atoms with Crippen LogP contribution in [0, 0.1) is 0 Å². The highest BCUT2D eigenvalue weighted by molar-refractivity contribution is 7.97. The van der Waals surface area contributed by atoms with E-state index in [0.717, 1.165) is 5.56 Å². The quantitative estimate of drug-likeness (QED) is 0.387. The van der Waals surface area contributed by atoms with Gasteiger partial charge in [0.25, 0.3) is 0 Å². The fourth-order valence-electron chi connectivity index (χ4n) is 2.91. The van der Waals surface area contributed by atoms with Crippen LogP contribution in [-0.2, 0) is 35.0 Å². The Kier molecular flexibility index (Phi) is 6.01. The van der Waals surface area contributed by atoms with Crippen molar-refractivity contribution < 1.29 is 36.8 Å². The molecule has 0 saturated carbocycles. The first-order valence-corrected chi connectivity index (χ1v) is 10.9. The molecule has 0 radical (unpaired) electrons. The van der Waals surface area contributed by atoms with E-state index < -0.39 is 41.1 Å². The van der Waals surface area contributed by atoms with Gasteiger partial charge in [-0.05, 0) is 0 Å². The van der Waals surface area contributed by atoms with Gasteiger partial charge in [0, 0.05) is 16.5 Å². The van der Waals surface area contributed by atoms with Crippen molar-refractivity contribution in [2.75, 3.05) is 23.9 Å². The monoisotopic (exact) mass is 393 g/mol. The van der Waals surface area contributed by atoms with Crippen LogP contribution in [0.1, 0.15) is 11.9 Å². The summed E-state index contributed by atoms with van der Waals surface area (Å²) in [5, 5.41) is 17.5. The number of hydrogen-bond acceptors (Lipinski definition) is 7. The third kappa shape index (κ3) is 5.14. The molecule has 0 bridgehead atoms. The molecule has 0 aromatic heterocycles. The first kappa shape index (κ1) is 19.1. The van der Waals surface area contributed by atoms with Crippen LogP contribution in [0.3, 0.4) is 0 Å². The molecule has 6 atom stereocenters. The van der Waals surface area contributed by atoms with Gasteiger partial charge in [0.2, 0.25) is 16.5 Å². The van der Waals surface area contributed by atoms with Gasteiger partial charge in [0.15, 0.2) is 18.1 Å². The zero-order valence-electron chi connectivity index (χ0n) is 13.3. The van der Waals surface area contributed by atoms with Gasteiger partial charge in [0.05, 0.1) is 6.61 Å². The van der Waals surface area contributed by atoms with E-state index in [1.54, 1.807) is 0 Å². The van der Waals surface area contributed by atoms with E-state index >= 15 is 0 Å². The lowest BCUT2D eigenvalue weighted by Crippen LogP contribution is -2.47. The third-order valence-electron chi connectivity index (χ3n) is 4.12. The minimum absolute atomic E-state index is 0.0875. The average molecular weight is 393 g/mol. The molecule has 3 N–H and O–H groups in total. The standard InChI is InChI=1S/C15H20O8S2/c16-11-7-24(8-12(11)17)9-14-13(23-25(18,19)20)6-21-15(22-14)10-4-2-1-3-5-10/h1-5,11-17H,6-9H2/p+1/t11-,12-,13+,14-,15?/m1/s1. The summed E-state index contributed by atoms with van der Waals surface area (Å²) in [7, 11) is -5.19. The molecule has 2 heterocycles. The van der Waals surface area contributed by atoms with E-state index in [4.69, 9.17) is 14.6 Å². The molecule has 0 aliphatic carbocycles. The maximum atomic E-state index is 11.0. The summed E-state index contributed by atoms with van der Waals surface area (Å²) in [5.74, 6) is 1.41. The number of benzene rings is 1. The molecule has 1 aromatic carbocycles. The van der Waals surface area contributed by atoms with Crippen molar-refractivity contribution in [3.05, 3.63) is 35.9 Å². The summed E-state index contributed by atoms with van der Waals surface area (Å²) >= 11 is 0. The molecular formula is C15H21O8S2+. The van der Waals surface area contributed by atoms with Gasteiger partial charge in [-0.1, -0.05) is 30.3 Å². The van der Waals surface area contributed by atoms with E-state index in [-0.39, 0.29) is 17.5 Å². The minimum atomic E-state index is -4.89. The second-order valence-corrected chi connectivity index (χ2v) is 9.31. The Morgan fingerprint density at radius 3 is 2.64 bits per heavy atom. The third-order valence-corrected chi connectivity index (χ3v) is 7.05. The van der Waals surface area contributed by atoms with Crippen LogP contribution in [0.15, 0.2) is 30.3 Å². The van der Waals surface area contributed by atoms with Crippen molar-refractivity contribution >= 4 is 21.3 Å². The summed E-state index contributed by atoms with van der Waals surface area (Å²) in [5.41, 5.74) is 0.782. The van der Waals surface area contributed by atoms with Crippen molar-refractivity contribution in [1.82, 2.24) is 0 Å². The maximum Gasteiger partial charge on any atom is 0.230 e. The lowest BCUT2D eigenvalue weighted by atomic mass is 10.1. The van der Waals surface area contributed by atoms with Crippen molar-refractivity contribution in [1.29, 1.82) is 0 Å². The highest BCUT2D eigenvalue weighted by Crippen LogP contribution is 2.30. The Morgan fingerprint density at radius 2 is 2.04 bits per heavy atom. The second kappa shape index (κ2) is 7.89. The van der Waals surface area contributed by atoms with Gasteiger partial charge in [-0.3, -0.25) is 4.18 Å². The zero-order valence-corrected chi connectivity index (χ0v) is 14.9. The predicted octanol–water partition coefficient (Wildman–Crippen LogP) is -0.968. The average Bonchev–Trinajstić information content (AvgIpc) is 2.86. The molecule has 25 heavy (non-hydrogen) atoms.